The number of carbonyl (C=O) groups is 4. The molecule has 0 bridgehead atoms. The highest BCUT2D eigenvalue weighted by Gasteiger charge is 2.31. The van der Waals surface area contributed by atoms with Gasteiger partial charge in [-0.15, -0.1) is 0 Å². The summed E-state index contributed by atoms with van der Waals surface area (Å²) >= 11 is 0. The highest BCUT2D eigenvalue weighted by atomic mass is 31.2. The van der Waals surface area contributed by atoms with Crippen molar-refractivity contribution in [1.82, 2.24) is 0 Å². The van der Waals surface area contributed by atoms with E-state index in [1.807, 2.05) is 0 Å². The molecule has 0 aromatic carbocycles. The summed E-state index contributed by atoms with van der Waals surface area (Å²) in [6.45, 7) is 9.78. The number of unbranched alkanes of at least 4 members (excludes halogenated alkanes) is 59. The predicted molar refractivity (Wildman–Crippen MR) is 455 cm³/mol. The lowest BCUT2D eigenvalue weighted by molar-refractivity contribution is -0.161. The third-order valence-electron chi connectivity index (χ3n) is 21.8. The van der Waals surface area contributed by atoms with Gasteiger partial charge in [-0.25, -0.2) is 9.13 Å². The van der Waals surface area contributed by atoms with Gasteiger partial charge in [0.05, 0.1) is 26.4 Å². The lowest BCUT2D eigenvalue weighted by atomic mass is 9.99. The molecule has 0 saturated carbocycles. The summed E-state index contributed by atoms with van der Waals surface area (Å²) in [5.41, 5.74) is 0. The van der Waals surface area contributed by atoms with Crippen molar-refractivity contribution in [1.29, 1.82) is 0 Å². The largest absolute Gasteiger partial charge is 0.472 e. The Morgan fingerprint density at radius 3 is 0.691 bits per heavy atom. The Kier molecular flexibility index (Phi) is 80.7. The molecule has 0 aromatic rings. The Morgan fingerprint density at radius 1 is 0.264 bits per heavy atom. The van der Waals surface area contributed by atoms with Crippen LogP contribution in [0.2, 0.25) is 0 Å². The summed E-state index contributed by atoms with van der Waals surface area (Å²) in [5.74, 6) is -0.449. The van der Waals surface area contributed by atoms with E-state index in [9.17, 15) is 43.2 Å². The summed E-state index contributed by atoms with van der Waals surface area (Å²) in [5, 5.41) is 10.7. The van der Waals surface area contributed by atoms with E-state index >= 15 is 0 Å². The molecule has 3 unspecified atom stereocenters. The number of phosphoric acid groups is 2. The number of ether oxygens (including phenoxy) is 4. The van der Waals surface area contributed by atoms with E-state index in [0.717, 1.165) is 102 Å². The van der Waals surface area contributed by atoms with Crippen molar-refractivity contribution in [2.24, 2.45) is 11.8 Å². The standard InChI is InChI=1S/C91H178O17P2/c1-7-10-12-14-16-18-20-22-23-24-25-26-27-28-29-30-39-45-51-57-63-69-75-90(95)107-87(80-102-89(94)74-68-62-56-50-44-38-34-32-37-42-48-54-60-66-72-84(6)9-3)82-106-110(99,100)104-78-85(92)77-103-109(97,98)105-81-86(79-101-88(93)73-67-61-55-49-43-35-21-19-17-15-13-11-8-2)108-91(96)76-70-64-58-52-46-40-33-31-36-41-47-53-59-65-71-83(4)5/h83-87,92H,7-82H2,1-6H3,(H,97,98)(H,99,100)/t84?,85-,86+,87+/m0/s1. The van der Waals surface area contributed by atoms with Crippen LogP contribution in [0, 0.1) is 11.8 Å². The number of hydrogen-bond donors (Lipinski definition) is 3. The van der Waals surface area contributed by atoms with E-state index in [-0.39, 0.29) is 25.7 Å². The number of rotatable bonds is 90. The van der Waals surface area contributed by atoms with Crippen LogP contribution >= 0.6 is 15.6 Å². The first-order valence-electron chi connectivity index (χ1n) is 47.0. The SMILES string of the molecule is CCCCCCCCCCCCCCCCCCCCCCCCC(=O)O[C@H](COC(=O)CCCCCCCCCCCCCCCCC(C)CC)COP(=O)(O)OC[C@@H](O)COP(=O)(O)OC[C@@H](COC(=O)CCCCCCCCCCCCCCC)OC(=O)CCCCCCCCCCCCCCCCC(C)C. The van der Waals surface area contributed by atoms with Crippen LogP contribution in [0.1, 0.15) is 491 Å². The molecule has 0 aromatic heterocycles. The van der Waals surface area contributed by atoms with Crippen LogP contribution in [0.5, 0.6) is 0 Å². The molecule has 17 nitrogen and oxygen atoms in total. The summed E-state index contributed by atoms with van der Waals surface area (Å²) in [6, 6.07) is 0. The molecule has 6 atom stereocenters. The van der Waals surface area contributed by atoms with Crippen LogP contribution < -0.4 is 0 Å². The number of esters is 4. The molecular weight excluding hydrogens is 1430 g/mol. The second-order valence-electron chi connectivity index (χ2n) is 33.4. The third kappa shape index (κ3) is 82.6. The molecular formula is C91H178O17P2. The summed E-state index contributed by atoms with van der Waals surface area (Å²) in [6.07, 6.45) is 76.3. The lowest BCUT2D eigenvalue weighted by Crippen LogP contribution is -2.30. The zero-order valence-electron chi connectivity index (χ0n) is 72.6. The Labute approximate surface area is 677 Å². The Balaban J connectivity index is 5.26. The van der Waals surface area contributed by atoms with Gasteiger partial charge < -0.3 is 33.8 Å². The van der Waals surface area contributed by atoms with Gasteiger partial charge in [-0.3, -0.25) is 37.3 Å². The molecule has 0 saturated heterocycles. The second-order valence-corrected chi connectivity index (χ2v) is 36.3. The monoisotopic (exact) mass is 1610 g/mol. The van der Waals surface area contributed by atoms with Crippen molar-refractivity contribution in [3.8, 4) is 0 Å². The first kappa shape index (κ1) is 108. The van der Waals surface area contributed by atoms with E-state index < -0.39 is 97.5 Å². The van der Waals surface area contributed by atoms with Crippen LogP contribution in [0.3, 0.4) is 0 Å². The number of hydrogen-bond acceptors (Lipinski definition) is 15. The summed E-state index contributed by atoms with van der Waals surface area (Å²) in [7, 11) is -9.94. The van der Waals surface area contributed by atoms with Gasteiger partial charge in [-0.1, -0.05) is 440 Å². The van der Waals surface area contributed by atoms with E-state index in [1.165, 1.54) is 308 Å². The summed E-state index contributed by atoms with van der Waals surface area (Å²) < 4.78 is 69.1. The Bertz CT molecular complexity index is 2100. The molecule has 0 spiro atoms. The molecule has 0 heterocycles. The van der Waals surface area contributed by atoms with Gasteiger partial charge in [0.1, 0.15) is 19.3 Å². The molecule has 654 valence electrons. The fourth-order valence-corrected chi connectivity index (χ4v) is 15.9. The summed E-state index contributed by atoms with van der Waals surface area (Å²) in [4.78, 5) is 73.4. The topological polar surface area (TPSA) is 237 Å². The predicted octanol–water partition coefficient (Wildman–Crippen LogP) is 28.2. The maximum Gasteiger partial charge on any atom is 0.472 e. The molecule has 0 fully saturated rings. The molecule has 19 heteroatoms. The fourth-order valence-electron chi connectivity index (χ4n) is 14.3. The number of carbonyl (C=O) groups excluding carboxylic acids is 4. The van der Waals surface area contributed by atoms with Crippen LogP contribution in [0.15, 0.2) is 0 Å². The van der Waals surface area contributed by atoms with Crippen LogP contribution in [0.4, 0.5) is 0 Å². The van der Waals surface area contributed by atoms with Crippen LogP contribution in [-0.2, 0) is 65.4 Å². The second kappa shape index (κ2) is 82.2. The minimum absolute atomic E-state index is 0.108. The molecule has 0 amide bonds. The lowest BCUT2D eigenvalue weighted by Gasteiger charge is -2.21. The van der Waals surface area contributed by atoms with E-state index in [0.29, 0.717) is 25.7 Å². The number of phosphoric ester groups is 2. The van der Waals surface area contributed by atoms with Gasteiger partial charge in [0, 0.05) is 25.7 Å². The maximum absolute atomic E-state index is 13.2. The Morgan fingerprint density at radius 2 is 0.464 bits per heavy atom. The maximum atomic E-state index is 13.2. The van der Waals surface area contributed by atoms with Gasteiger partial charge in [0.15, 0.2) is 12.2 Å². The normalized spacial score (nSPS) is 14.0. The zero-order chi connectivity index (χ0) is 80.6. The highest BCUT2D eigenvalue weighted by molar-refractivity contribution is 7.47. The third-order valence-corrected chi connectivity index (χ3v) is 23.7. The van der Waals surface area contributed by atoms with E-state index in [1.54, 1.807) is 0 Å². The average molecular weight is 1610 g/mol. The molecule has 0 aliphatic rings. The van der Waals surface area contributed by atoms with E-state index in [4.69, 9.17) is 37.0 Å². The van der Waals surface area contributed by atoms with Gasteiger partial charge in [0.2, 0.25) is 0 Å². The van der Waals surface area contributed by atoms with Gasteiger partial charge in [-0.2, -0.15) is 0 Å². The minimum atomic E-state index is -4.97. The van der Waals surface area contributed by atoms with Crippen LogP contribution in [0.25, 0.3) is 0 Å². The molecule has 3 N–H and O–H groups in total. The van der Waals surface area contributed by atoms with Crippen molar-refractivity contribution in [2.45, 2.75) is 509 Å². The van der Waals surface area contributed by atoms with Crippen LogP contribution in [-0.4, -0.2) is 96.7 Å². The smallest absolute Gasteiger partial charge is 0.462 e. The minimum Gasteiger partial charge on any atom is -0.462 e. The molecule has 0 radical (unpaired) electrons. The zero-order valence-corrected chi connectivity index (χ0v) is 74.4. The average Bonchev–Trinajstić information content (AvgIpc) is 0.839. The van der Waals surface area contributed by atoms with Gasteiger partial charge >= 0.3 is 39.5 Å². The molecule has 0 aliphatic carbocycles. The quantitative estimate of drug-likeness (QED) is 0.0222. The van der Waals surface area contributed by atoms with Crippen molar-refractivity contribution in [3.63, 3.8) is 0 Å². The molecule has 110 heavy (non-hydrogen) atoms. The highest BCUT2D eigenvalue weighted by Crippen LogP contribution is 2.45. The first-order valence-corrected chi connectivity index (χ1v) is 50.0. The molecule has 0 aliphatic heterocycles. The van der Waals surface area contributed by atoms with Crippen molar-refractivity contribution in [2.75, 3.05) is 39.6 Å². The number of aliphatic hydroxyl groups excluding tert-OH is 1. The number of aliphatic hydroxyl groups is 1. The van der Waals surface area contributed by atoms with Gasteiger partial charge in [-0.05, 0) is 37.5 Å². The van der Waals surface area contributed by atoms with Gasteiger partial charge in [0.25, 0.3) is 0 Å². The first-order chi connectivity index (χ1) is 53.4. The Hall–Kier alpha value is -1.94. The van der Waals surface area contributed by atoms with E-state index in [2.05, 4.69) is 41.5 Å². The van der Waals surface area contributed by atoms with Crippen molar-refractivity contribution >= 4 is 39.5 Å². The molecule has 0 rings (SSSR count). The van der Waals surface area contributed by atoms with Crippen molar-refractivity contribution < 1.29 is 80.2 Å². The van der Waals surface area contributed by atoms with Crippen molar-refractivity contribution in [3.05, 3.63) is 0 Å². The fraction of sp³-hybridized carbons (Fsp3) is 0.956.